The van der Waals surface area contributed by atoms with Crippen LogP contribution in [0.2, 0.25) is 0 Å². The summed E-state index contributed by atoms with van der Waals surface area (Å²) in [5.41, 5.74) is 7.12. The van der Waals surface area contributed by atoms with Gasteiger partial charge in [0.15, 0.2) is 6.10 Å². The number of amides is 3. The number of nitrogens with two attached hydrogens (primary N) is 1. The summed E-state index contributed by atoms with van der Waals surface area (Å²) in [4.78, 5) is 48.8. The third-order valence-electron chi connectivity index (χ3n) is 4.73. The van der Waals surface area contributed by atoms with E-state index in [1.165, 1.54) is 5.06 Å². The summed E-state index contributed by atoms with van der Waals surface area (Å²) in [6, 6.07) is 13.4. The molecule has 2 N–H and O–H groups in total. The van der Waals surface area contributed by atoms with Crippen molar-refractivity contribution >= 4 is 23.4 Å². The second-order valence-electron chi connectivity index (χ2n) is 6.59. The molecule has 8 heteroatoms. The van der Waals surface area contributed by atoms with Crippen LogP contribution in [0.3, 0.4) is 0 Å². The maximum Gasteiger partial charge on any atom is 0.265 e. The Hall–Kier alpha value is -3.10. The van der Waals surface area contributed by atoms with Crippen LogP contribution in [0.1, 0.15) is 17.4 Å². The first-order valence-corrected chi connectivity index (χ1v) is 8.55. The third kappa shape index (κ3) is 2.88. The average molecular weight is 366 g/mol. The van der Waals surface area contributed by atoms with E-state index in [-0.39, 0.29) is 12.5 Å². The van der Waals surface area contributed by atoms with Gasteiger partial charge < -0.3 is 5.73 Å². The zero-order valence-electron chi connectivity index (χ0n) is 14.6. The molecule has 3 atom stereocenters. The SMILES string of the molecule is Cc1cccc(C2C3C(=O)N(c4ccccc4)C(=O)C3ON2CC(N)=O)n1. The number of hydrogen-bond acceptors (Lipinski definition) is 6. The average Bonchev–Trinajstić information content (AvgIpc) is 3.11. The van der Waals surface area contributed by atoms with E-state index >= 15 is 0 Å². The predicted molar refractivity (Wildman–Crippen MR) is 94.9 cm³/mol. The standard InChI is InChI=1S/C19H18N4O4/c1-11-6-5-9-13(21-11)16-15-17(27-22(16)10-14(20)24)19(26)23(18(15)25)12-7-3-2-4-8-12/h2-9,15-17H,10H2,1H3,(H2,20,24). The van der Waals surface area contributed by atoms with Gasteiger partial charge in [-0.1, -0.05) is 24.3 Å². The summed E-state index contributed by atoms with van der Waals surface area (Å²) in [7, 11) is 0. The zero-order valence-corrected chi connectivity index (χ0v) is 14.6. The molecule has 3 amide bonds. The van der Waals surface area contributed by atoms with Crippen molar-refractivity contribution in [2.24, 2.45) is 11.7 Å². The molecule has 0 spiro atoms. The van der Waals surface area contributed by atoms with Gasteiger partial charge in [-0.15, -0.1) is 0 Å². The minimum absolute atomic E-state index is 0.237. The molecule has 2 aromatic rings. The number of hydrogen-bond donors (Lipinski definition) is 1. The third-order valence-corrected chi connectivity index (χ3v) is 4.73. The van der Waals surface area contributed by atoms with E-state index in [1.807, 2.05) is 19.1 Å². The number of para-hydroxylation sites is 1. The molecule has 1 aromatic carbocycles. The van der Waals surface area contributed by atoms with Crippen molar-refractivity contribution in [1.29, 1.82) is 0 Å². The molecule has 3 unspecified atom stereocenters. The molecule has 8 nitrogen and oxygen atoms in total. The number of fused-ring (bicyclic) bond motifs is 1. The number of primary amides is 1. The maximum atomic E-state index is 13.2. The first kappa shape index (κ1) is 17.3. The molecule has 4 rings (SSSR count). The highest BCUT2D eigenvalue weighted by atomic mass is 16.7. The van der Waals surface area contributed by atoms with E-state index in [0.717, 1.165) is 10.6 Å². The molecule has 0 bridgehead atoms. The molecule has 2 aliphatic heterocycles. The van der Waals surface area contributed by atoms with Crippen molar-refractivity contribution in [3.8, 4) is 0 Å². The van der Waals surface area contributed by atoms with Crippen LogP contribution in [0.4, 0.5) is 5.69 Å². The second kappa shape index (κ2) is 6.57. The summed E-state index contributed by atoms with van der Waals surface area (Å²) in [6.45, 7) is 1.59. The van der Waals surface area contributed by atoms with Gasteiger partial charge in [0.2, 0.25) is 11.8 Å². The van der Waals surface area contributed by atoms with Crippen LogP contribution in [0.25, 0.3) is 0 Å². The first-order chi connectivity index (χ1) is 13.0. The van der Waals surface area contributed by atoms with Gasteiger partial charge in [-0.25, -0.2) is 4.90 Å². The van der Waals surface area contributed by atoms with Crippen LogP contribution in [-0.4, -0.2) is 40.4 Å². The molecule has 2 saturated heterocycles. The van der Waals surface area contributed by atoms with Crippen molar-refractivity contribution in [3.63, 3.8) is 0 Å². The number of nitrogens with zero attached hydrogens (tertiary/aromatic N) is 3. The predicted octanol–water partition coefficient (Wildman–Crippen LogP) is 0.722. The van der Waals surface area contributed by atoms with Gasteiger partial charge in [-0.3, -0.25) is 24.2 Å². The minimum atomic E-state index is -1.01. The Bertz CT molecular complexity index is 917. The first-order valence-electron chi connectivity index (χ1n) is 8.55. The Kier molecular flexibility index (Phi) is 4.21. The van der Waals surface area contributed by atoms with E-state index in [2.05, 4.69) is 4.98 Å². The van der Waals surface area contributed by atoms with Crippen LogP contribution < -0.4 is 10.6 Å². The maximum absolute atomic E-state index is 13.2. The van der Waals surface area contributed by atoms with Crippen LogP contribution in [-0.2, 0) is 19.2 Å². The number of benzene rings is 1. The normalized spacial score (nSPS) is 25.1. The highest BCUT2D eigenvalue weighted by molar-refractivity contribution is 6.23. The van der Waals surface area contributed by atoms with E-state index < -0.39 is 29.9 Å². The van der Waals surface area contributed by atoms with E-state index in [1.54, 1.807) is 36.4 Å². The molecule has 0 aliphatic carbocycles. The lowest BCUT2D eigenvalue weighted by molar-refractivity contribution is -0.175. The van der Waals surface area contributed by atoms with Gasteiger partial charge >= 0.3 is 0 Å². The van der Waals surface area contributed by atoms with E-state index in [0.29, 0.717) is 11.4 Å². The Morgan fingerprint density at radius 1 is 1.11 bits per heavy atom. The lowest BCUT2D eigenvalue weighted by Crippen LogP contribution is -2.40. The summed E-state index contributed by atoms with van der Waals surface area (Å²) in [5, 5.41) is 1.30. The Balaban J connectivity index is 1.75. The van der Waals surface area contributed by atoms with Crippen molar-refractivity contribution in [2.75, 3.05) is 11.4 Å². The fourth-order valence-corrected chi connectivity index (χ4v) is 3.65. The molecule has 3 heterocycles. The molecule has 27 heavy (non-hydrogen) atoms. The molecule has 2 fully saturated rings. The number of carbonyl (C=O) groups is 3. The number of hydroxylamine groups is 2. The summed E-state index contributed by atoms with van der Waals surface area (Å²) in [6.07, 6.45) is -1.01. The second-order valence-corrected chi connectivity index (χ2v) is 6.59. The van der Waals surface area contributed by atoms with Gasteiger partial charge in [-0.2, -0.15) is 5.06 Å². The van der Waals surface area contributed by atoms with E-state index in [9.17, 15) is 14.4 Å². The number of pyridine rings is 1. The van der Waals surface area contributed by atoms with Gasteiger partial charge in [0.1, 0.15) is 6.54 Å². The molecule has 0 saturated carbocycles. The summed E-state index contributed by atoms with van der Waals surface area (Å²) in [5.74, 6) is -2.25. The van der Waals surface area contributed by atoms with Crippen LogP contribution in [0.5, 0.6) is 0 Å². The van der Waals surface area contributed by atoms with Crippen LogP contribution >= 0.6 is 0 Å². The monoisotopic (exact) mass is 366 g/mol. The summed E-state index contributed by atoms with van der Waals surface area (Å²) < 4.78 is 0. The van der Waals surface area contributed by atoms with Gasteiger partial charge in [0.05, 0.1) is 23.3 Å². The topological polar surface area (TPSA) is 106 Å². The molecular weight excluding hydrogens is 348 g/mol. The lowest BCUT2D eigenvalue weighted by Gasteiger charge is -2.25. The van der Waals surface area contributed by atoms with Gasteiger partial charge in [-0.05, 0) is 31.2 Å². The van der Waals surface area contributed by atoms with Crippen molar-refractivity contribution in [2.45, 2.75) is 19.1 Å². The van der Waals surface area contributed by atoms with Crippen molar-refractivity contribution in [3.05, 3.63) is 59.9 Å². The molecular formula is C19H18N4O4. The Morgan fingerprint density at radius 3 is 2.52 bits per heavy atom. The minimum Gasteiger partial charge on any atom is -0.368 e. The van der Waals surface area contributed by atoms with Crippen LogP contribution in [0.15, 0.2) is 48.5 Å². The molecule has 1 aromatic heterocycles. The Morgan fingerprint density at radius 2 is 1.85 bits per heavy atom. The zero-order chi connectivity index (χ0) is 19.1. The van der Waals surface area contributed by atoms with E-state index in [4.69, 9.17) is 10.6 Å². The Labute approximate surface area is 155 Å². The molecule has 0 radical (unpaired) electrons. The largest absolute Gasteiger partial charge is 0.368 e. The number of anilines is 1. The number of carbonyl (C=O) groups excluding carboxylic acids is 3. The highest BCUT2D eigenvalue weighted by Crippen LogP contribution is 2.44. The number of aryl methyl sites for hydroxylation is 1. The smallest absolute Gasteiger partial charge is 0.265 e. The number of imide groups is 1. The highest BCUT2D eigenvalue weighted by Gasteiger charge is 2.60. The molecule has 138 valence electrons. The summed E-state index contributed by atoms with van der Waals surface area (Å²) >= 11 is 0. The van der Waals surface area contributed by atoms with Crippen molar-refractivity contribution < 1.29 is 19.2 Å². The van der Waals surface area contributed by atoms with Gasteiger partial charge in [0, 0.05) is 5.69 Å². The van der Waals surface area contributed by atoms with Gasteiger partial charge in [0.25, 0.3) is 5.91 Å². The van der Waals surface area contributed by atoms with Crippen molar-refractivity contribution in [1.82, 2.24) is 10.0 Å². The molecule has 2 aliphatic rings. The fourth-order valence-electron chi connectivity index (χ4n) is 3.65. The number of rotatable bonds is 4. The van der Waals surface area contributed by atoms with Crippen LogP contribution in [0, 0.1) is 12.8 Å². The fraction of sp³-hybridized carbons (Fsp3) is 0.263. The quantitative estimate of drug-likeness (QED) is 0.800. The lowest BCUT2D eigenvalue weighted by atomic mass is 9.93. The number of aromatic nitrogens is 1.